The van der Waals surface area contributed by atoms with Gasteiger partial charge in [0, 0.05) is 0 Å². The van der Waals surface area contributed by atoms with Crippen molar-refractivity contribution in [3.8, 4) is 5.75 Å². The number of nitrogens with one attached hydrogen (secondary N) is 1. The van der Waals surface area contributed by atoms with Gasteiger partial charge in [-0.2, -0.15) is 0 Å². The molecule has 1 N–H and O–H groups in total. The molecule has 0 aliphatic carbocycles. The van der Waals surface area contributed by atoms with Gasteiger partial charge < -0.3 is 4.74 Å². The lowest BCUT2D eigenvalue weighted by atomic mass is 10.2. The number of aromatic nitrogens is 1. The van der Waals surface area contributed by atoms with Crippen LogP contribution in [-0.2, 0) is 11.2 Å². The van der Waals surface area contributed by atoms with Crippen molar-refractivity contribution in [2.45, 2.75) is 13.3 Å². The highest BCUT2D eigenvalue weighted by Gasteiger charge is 2.10. The number of carbonyl (C=O) groups is 1. The second-order valence-corrected chi connectivity index (χ2v) is 5.97. The summed E-state index contributed by atoms with van der Waals surface area (Å²) in [6.07, 6.45) is 0.950. The molecule has 1 heterocycles. The molecule has 1 aromatic heterocycles. The van der Waals surface area contributed by atoms with Gasteiger partial charge >= 0.3 is 0 Å². The Morgan fingerprint density at radius 2 is 2.13 bits per heavy atom. The van der Waals surface area contributed by atoms with E-state index >= 15 is 0 Å². The number of carbonyl (C=O) groups excluding carboxylic acids is 1. The molecule has 3 aromatic rings. The molecule has 0 saturated heterocycles. The van der Waals surface area contributed by atoms with Crippen LogP contribution in [0.4, 0.5) is 9.52 Å². The Morgan fingerprint density at radius 3 is 2.91 bits per heavy atom. The number of amides is 1. The maximum absolute atomic E-state index is 13.4. The van der Waals surface area contributed by atoms with Crippen LogP contribution in [0, 0.1) is 5.82 Å². The van der Waals surface area contributed by atoms with E-state index in [0.29, 0.717) is 5.13 Å². The molecule has 0 bridgehead atoms. The van der Waals surface area contributed by atoms with E-state index in [1.165, 1.54) is 29.0 Å². The second-order valence-electron chi connectivity index (χ2n) is 4.94. The molecule has 2 aromatic carbocycles. The number of para-hydroxylation sites is 1. The van der Waals surface area contributed by atoms with Gasteiger partial charge in [-0.3, -0.25) is 10.1 Å². The molecule has 0 fully saturated rings. The average molecular weight is 330 g/mol. The van der Waals surface area contributed by atoms with Crippen LogP contribution in [0.15, 0.2) is 42.5 Å². The van der Waals surface area contributed by atoms with Crippen molar-refractivity contribution in [2.75, 3.05) is 11.9 Å². The first-order chi connectivity index (χ1) is 11.2. The summed E-state index contributed by atoms with van der Waals surface area (Å²) in [6, 6.07) is 12.0. The van der Waals surface area contributed by atoms with Crippen molar-refractivity contribution in [3.05, 3.63) is 53.8 Å². The third kappa shape index (κ3) is 3.65. The summed E-state index contributed by atoms with van der Waals surface area (Å²) in [5.74, 6) is -0.810. The maximum Gasteiger partial charge on any atom is 0.264 e. The van der Waals surface area contributed by atoms with Crippen LogP contribution in [0.2, 0.25) is 0 Å². The number of fused-ring (bicyclic) bond motifs is 1. The molecule has 6 heteroatoms. The Labute approximate surface area is 136 Å². The number of anilines is 1. The summed E-state index contributed by atoms with van der Waals surface area (Å²) in [7, 11) is 0. The van der Waals surface area contributed by atoms with Crippen LogP contribution < -0.4 is 10.1 Å². The summed E-state index contributed by atoms with van der Waals surface area (Å²) in [5.41, 5.74) is 2.07. The van der Waals surface area contributed by atoms with Gasteiger partial charge in [-0.15, -0.1) is 0 Å². The highest BCUT2D eigenvalue weighted by molar-refractivity contribution is 7.22. The molecule has 0 aliphatic heterocycles. The lowest BCUT2D eigenvalue weighted by Crippen LogP contribution is -2.20. The molecule has 4 nitrogen and oxygen atoms in total. The maximum atomic E-state index is 13.4. The van der Waals surface area contributed by atoms with Crippen molar-refractivity contribution in [3.63, 3.8) is 0 Å². The number of hydrogen-bond acceptors (Lipinski definition) is 4. The summed E-state index contributed by atoms with van der Waals surface area (Å²) in [4.78, 5) is 16.3. The fraction of sp³-hybridized carbons (Fsp3) is 0.176. The number of benzene rings is 2. The number of nitrogens with zero attached hydrogens (tertiary/aromatic N) is 1. The van der Waals surface area contributed by atoms with E-state index in [2.05, 4.69) is 23.3 Å². The molecule has 3 rings (SSSR count). The zero-order valence-corrected chi connectivity index (χ0v) is 13.3. The van der Waals surface area contributed by atoms with E-state index in [1.807, 2.05) is 12.1 Å². The highest BCUT2D eigenvalue weighted by Crippen LogP contribution is 2.27. The zero-order valence-electron chi connectivity index (χ0n) is 12.5. The van der Waals surface area contributed by atoms with Gasteiger partial charge in [0.05, 0.1) is 10.2 Å². The molecule has 0 radical (unpaired) electrons. The number of ether oxygens (including phenoxy) is 1. The van der Waals surface area contributed by atoms with Gasteiger partial charge in [0.2, 0.25) is 0 Å². The highest BCUT2D eigenvalue weighted by atomic mass is 32.1. The topological polar surface area (TPSA) is 51.2 Å². The van der Waals surface area contributed by atoms with Gasteiger partial charge in [0.25, 0.3) is 5.91 Å². The van der Waals surface area contributed by atoms with Gasteiger partial charge in [-0.1, -0.05) is 36.5 Å². The fourth-order valence-corrected chi connectivity index (χ4v) is 3.05. The summed E-state index contributed by atoms with van der Waals surface area (Å²) in [5, 5.41) is 3.19. The molecule has 0 spiro atoms. The van der Waals surface area contributed by atoms with Gasteiger partial charge in [-0.05, 0) is 36.2 Å². The number of thiazole rings is 1. The lowest BCUT2D eigenvalue weighted by molar-refractivity contribution is -0.118. The normalized spacial score (nSPS) is 10.7. The predicted molar refractivity (Wildman–Crippen MR) is 89.5 cm³/mol. The summed E-state index contributed by atoms with van der Waals surface area (Å²) in [6.45, 7) is 1.82. The first-order valence-electron chi connectivity index (χ1n) is 7.22. The molecule has 0 unspecified atom stereocenters. The average Bonchev–Trinajstić information content (AvgIpc) is 2.95. The predicted octanol–water partition coefficient (Wildman–Crippen LogP) is 4.02. The van der Waals surface area contributed by atoms with Crippen LogP contribution >= 0.6 is 11.3 Å². The van der Waals surface area contributed by atoms with Crippen LogP contribution in [0.3, 0.4) is 0 Å². The number of halogens is 1. The Balaban J connectivity index is 1.64. The van der Waals surface area contributed by atoms with E-state index in [4.69, 9.17) is 4.74 Å². The minimum absolute atomic E-state index is 0.0551. The van der Waals surface area contributed by atoms with Crippen LogP contribution in [0.1, 0.15) is 12.5 Å². The summed E-state index contributed by atoms with van der Waals surface area (Å²) >= 11 is 1.41. The molecule has 23 heavy (non-hydrogen) atoms. The third-order valence-corrected chi connectivity index (χ3v) is 4.24. The monoisotopic (exact) mass is 330 g/mol. The second kappa shape index (κ2) is 6.75. The largest absolute Gasteiger partial charge is 0.481 e. The first-order valence-corrected chi connectivity index (χ1v) is 8.04. The molecule has 0 saturated carbocycles. The number of rotatable bonds is 5. The van der Waals surface area contributed by atoms with Gasteiger partial charge in [-0.25, -0.2) is 9.37 Å². The van der Waals surface area contributed by atoms with Crippen molar-refractivity contribution < 1.29 is 13.9 Å². The van der Waals surface area contributed by atoms with Crippen molar-refractivity contribution in [1.29, 1.82) is 0 Å². The molecule has 1 amide bonds. The van der Waals surface area contributed by atoms with Crippen LogP contribution in [0.5, 0.6) is 5.75 Å². The number of aryl methyl sites for hydroxylation is 1. The third-order valence-electron chi connectivity index (χ3n) is 3.30. The van der Waals surface area contributed by atoms with Gasteiger partial charge in [0.15, 0.2) is 23.3 Å². The number of hydrogen-bond donors (Lipinski definition) is 1. The van der Waals surface area contributed by atoms with Crippen LogP contribution in [-0.4, -0.2) is 17.5 Å². The SMILES string of the molecule is CCc1ccc2nc(NC(=O)COc3ccccc3F)sc2c1. The molecule has 0 aliphatic rings. The fourth-order valence-electron chi connectivity index (χ4n) is 2.10. The Kier molecular flexibility index (Phi) is 4.52. The first kappa shape index (κ1) is 15.4. The Bertz CT molecular complexity index is 847. The molecular formula is C17H15FN2O2S. The molecular weight excluding hydrogens is 315 g/mol. The Morgan fingerprint density at radius 1 is 1.30 bits per heavy atom. The van der Waals surface area contributed by atoms with E-state index in [-0.39, 0.29) is 18.3 Å². The smallest absolute Gasteiger partial charge is 0.264 e. The zero-order chi connectivity index (χ0) is 16.2. The van der Waals surface area contributed by atoms with E-state index in [9.17, 15) is 9.18 Å². The van der Waals surface area contributed by atoms with E-state index < -0.39 is 5.82 Å². The Hall–Kier alpha value is -2.47. The van der Waals surface area contributed by atoms with Crippen molar-refractivity contribution in [2.24, 2.45) is 0 Å². The molecule has 118 valence electrons. The van der Waals surface area contributed by atoms with Gasteiger partial charge in [0.1, 0.15) is 0 Å². The lowest BCUT2D eigenvalue weighted by Gasteiger charge is -2.06. The standard InChI is InChI=1S/C17H15FN2O2S/c1-2-11-7-8-13-15(9-11)23-17(19-13)20-16(21)10-22-14-6-4-3-5-12(14)18/h3-9H,2,10H2,1H3,(H,19,20,21). The van der Waals surface area contributed by atoms with E-state index in [1.54, 1.807) is 12.1 Å². The van der Waals surface area contributed by atoms with Crippen LogP contribution in [0.25, 0.3) is 10.2 Å². The molecule has 0 atom stereocenters. The quantitative estimate of drug-likeness (QED) is 0.769. The minimum Gasteiger partial charge on any atom is -0.481 e. The summed E-state index contributed by atoms with van der Waals surface area (Å²) < 4.78 is 19.6. The van der Waals surface area contributed by atoms with E-state index in [0.717, 1.165) is 16.6 Å². The minimum atomic E-state index is -0.493. The van der Waals surface area contributed by atoms with Crippen molar-refractivity contribution >= 4 is 32.6 Å². The van der Waals surface area contributed by atoms with Crippen molar-refractivity contribution in [1.82, 2.24) is 4.98 Å².